The van der Waals surface area contributed by atoms with Crippen LogP contribution in [0, 0.1) is 0 Å². The van der Waals surface area contributed by atoms with Gasteiger partial charge in [-0.1, -0.05) is 0 Å². The van der Waals surface area contributed by atoms with E-state index in [1.165, 1.54) is 0 Å². The van der Waals surface area contributed by atoms with Crippen molar-refractivity contribution in [2.45, 2.75) is 44.3 Å². The van der Waals surface area contributed by atoms with Crippen LogP contribution in [0.3, 0.4) is 0 Å². The first-order chi connectivity index (χ1) is 7.23. The molecule has 0 radical (unpaired) electrons. The van der Waals surface area contributed by atoms with E-state index in [2.05, 4.69) is 5.32 Å². The first kappa shape index (κ1) is 13.3. The van der Waals surface area contributed by atoms with Crippen molar-refractivity contribution in [2.75, 3.05) is 13.2 Å². The Kier molecular flexibility index (Phi) is 3.85. The number of aliphatic hydroxyl groups is 1. The summed E-state index contributed by atoms with van der Waals surface area (Å²) < 4.78 is 30.1. The van der Waals surface area contributed by atoms with E-state index >= 15 is 0 Å². The van der Waals surface area contributed by atoms with Gasteiger partial charge in [0, 0.05) is 19.6 Å². The zero-order chi connectivity index (χ0) is 12.4. The van der Waals surface area contributed by atoms with E-state index in [0.29, 0.717) is 20.0 Å². The minimum Gasteiger partial charge on any atom is -0.385 e. The van der Waals surface area contributed by atoms with Crippen LogP contribution in [0.5, 0.6) is 0 Å². The van der Waals surface area contributed by atoms with Gasteiger partial charge in [0.25, 0.3) is 5.92 Å². The lowest BCUT2D eigenvalue weighted by molar-refractivity contribution is -0.129. The molecule has 6 heteroatoms. The Balaban J connectivity index is 2.37. The molecule has 0 aromatic heterocycles. The lowest BCUT2D eigenvalue weighted by Crippen LogP contribution is -2.48. The number of carbonyl (C=O) groups is 1. The average Bonchev–Trinajstić information content (AvgIpc) is 2.42. The van der Waals surface area contributed by atoms with Gasteiger partial charge in [-0.05, 0) is 13.8 Å². The van der Waals surface area contributed by atoms with Gasteiger partial charge in [-0.25, -0.2) is 8.78 Å². The number of hydrogen-bond donors (Lipinski definition) is 2. The SMILES string of the molecule is CC1OCCC1(O)CNC(=O)CC(C)(F)F. The summed E-state index contributed by atoms with van der Waals surface area (Å²) in [6.07, 6.45) is -0.857. The first-order valence-electron chi connectivity index (χ1n) is 5.21. The molecule has 4 nitrogen and oxygen atoms in total. The van der Waals surface area contributed by atoms with Gasteiger partial charge < -0.3 is 15.2 Å². The highest BCUT2D eigenvalue weighted by molar-refractivity contribution is 5.76. The number of ether oxygens (including phenoxy) is 1. The molecule has 1 amide bonds. The average molecular weight is 237 g/mol. The van der Waals surface area contributed by atoms with Crippen LogP contribution < -0.4 is 5.32 Å². The Bertz CT molecular complexity index is 267. The smallest absolute Gasteiger partial charge is 0.254 e. The normalized spacial score (nSPS) is 30.4. The molecule has 1 rings (SSSR count). The Morgan fingerprint density at radius 3 is 2.75 bits per heavy atom. The molecule has 0 bridgehead atoms. The minimum absolute atomic E-state index is 0.0525. The summed E-state index contributed by atoms with van der Waals surface area (Å²) in [7, 11) is 0. The molecule has 1 saturated heterocycles. The molecule has 1 aliphatic heterocycles. The van der Waals surface area contributed by atoms with Gasteiger partial charge in [0.2, 0.25) is 5.91 Å². The van der Waals surface area contributed by atoms with Crippen LogP contribution in [0.25, 0.3) is 0 Å². The van der Waals surface area contributed by atoms with E-state index in [1.807, 2.05) is 0 Å². The van der Waals surface area contributed by atoms with Gasteiger partial charge in [-0.15, -0.1) is 0 Å². The third kappa shape index (κ3) is 3.68. The fraction of sp³-hybridized carbons (Fsp3) is 0.900. The molecule has 1 aliphatic rings. The number of halogens is 2. The van der Waals surface area contributed by atoms with Crippen molar-refractivity contribution in [1.82, 2.24) is 5.32 Å². The maximum absolute atomic E-state index is 12.5. The zero-order valence-corrected chi connectivity index (χ0v) is 9.43. The van der Waals surface area contributed by atoms with E-state index in [0.717, 1.165) is 0 Å². The first-order valence-corrected chi connectivity index (χ1v) is 5.21. The third-order valence-corrected chi connectivity index (χ3v) is 2.72. The third-order valence-electron chi connectivity index (χ3n) is 2.72. The number of carbonyl (C=O) groups excluding carboxylic acids is 1. The highest BCUT2D eigenvalue weighted by Crippen LogP contribution is 2.25. The molecular formula is C10H17F2NO3. The standard InChI is InChI=1S/C10H17F2NO3/c1-7-10(15,3-4-16-7)6-13-8(14)5-9(2,11)12/h7,15H,3-6H2,1-2H3,(H,13,14). The summed E-state index contributed by atoms with van der Waals surface area (Å²) in [6, 6.07) is 0. The monoisotopic (exact) mass is 237 g/mol. The molecule has 0 spiro atoms. The molecule has 0 saturated carbocycles. The lowest BCUT2D eigenvalue weighted by atomic mass is 9.96. The van der Waals surface area contributed by atoms with E-state index in [4.69, 9.17) is 4.74 Å². The number of rotatable bonds is 4. The van der Waals surface area contributed by atoms with Crippen LogP contribution in [0.15, 0.2) is 0 Å². The summed E-state index contributed by atoms with van der Waals surface area (Å²) in [6.45, 7) is 2.73. The largest absolute Gasteiger partial charge is 0.385 e. The van der Waals surface area contributed by atoms with Crippen molar-refractivity contribution in [3.05, 3.63) is 0 Å². The second-order valence-corrected chi connectivity index (χ2v) is 4.39. The molecule has 1 heterocycles. The summed E-state index contributed by atoms with van der Waals surface area (Å²) in [5.74, 6) is -3.79. The minimum atomic E-state index is -3.02. The van der Waals surface area contributed by atoms with Crippen LogP contribution in [0.4, 0.5) is 8.78 Å². The summed E-state index contributed by atoms with van der Waals surface area (Å²) in [5.41, 5.74) is -1.14. The maximum atomic E-state index is 12.5. The number of hydrogen-bond acceptors (Lipinski definition) is 3. The molecular weight excluding hydrogens is 220 g/mol. The molecule has 1 fully saturated rings. The topological polar surface area (TPSA) is 58.6 Å². The van der Waals surface area contributed by atoms with Gasteiger partial charge in [-0.2, -0.15) is 0 Å². The molecule has 16 heavy (non-hydrogen) atoms. The van der Waals surface area contributed by atoms with Crippen molar-refractivity contribution >= 4 is 5.91 Å². The predicted molar refractivity (Wildman–Crippen MR) is 53.2 cm³/mol. The molecule has 0 aromatic carbocycles. The summed E-state index contributed by atoms with van der Waals surface area (Å²) >= 11 is 0. The fourth-order valence-electron chi connectivity index (χ4n) is 1.60. The molecule has 2 N–H and O–H groups in total. The zero-order valence-electron chi connectivity index (χ0n) is 9.43. The Labute approximate surface area is 93.0 Å². The highest BCUT2D eigenvalue weighted by Gasteiger charge is 2.40. The van der Waals surface area contributed by atoms with Crippen LogP contribution in [-0.2, 0) is 9.53 Å². The van der Waals surface area contributed by atoms with Crippen LogP contribution in [0.1, 0.15) is 26.7 Å². The van der Waals surface area contributed by atoms with Gasteiger partial charge in [0.15, 0.2) is 0 Å². The number of amides is 1. The second kappa shape index (κ2) is 4.63. The second-order valence-electron chi connectivity index (χ2n) is 4.39. The lowest BCUT2D eigenvalue weighted by Gasteiger charge is -2.26. The summed E-state index contributed by atoms with van der Waals surface area (Å²) in [4.78, 5) is 11.1. The fourth-order valence-corrected chi connectivity index (χ4v) is 1.60. The van der Waals surface area contributed by atoms with Crippen molar-refractivity contribution in [2.24, 2.45) is 0 Å². The van der Waals surface area contributed by atoms with Crippen molar-refractivity contribution in [1.29, 1.82) is 0 Å². The van der Waals surface area contributed by atoms with Gasteiger partial charge >= 0.3 is 0 Å². The quantitative estimate of drug-likeness (QED) is 0.756. The van der Waals surface area contributed by atoms with Crippen molar-refractivity contribution in [3.8, 4) is 0 Å². The van der Waals surface area contributed by atoms with Gasteiger partial charge in [0.1, 0.15) is 5.60 Å². The number of nitrogens with one attached hydrogen (secondary N) is 1. The van der Waals surface area contributed by atoms with E-state index in [-0.39, 0.29) is 6.54 Å². The Hall–Kier alpha value is -0.750. The maximum Gasteiger partial charge on any atom is 0.254 e. The van der Waals surface area contributed by atoms with Crippen molar-refractivity contribution < 1.29 is 23.4 Å². The Morgan fingerprint density at radius 1 is 1.69 bits per heavy atom. The van der Waals surface area contributed by atoms with E-state index in [1.54, 1.807) is 6.92 Å². The highest BCUT2D eigenvalue weighted by atomic mass is 19.3. The molecule has 94 valence electrons. The van der Waals surface area contributed by atoms with Gasteiger partial charge in [-0.3, -0.25) is 4.79 Å². The molecule has 2 unspecified atom stereocenters. The van der Waals surface area contributed by atoms with Crippen LogP contribution >= 0.6 is 0 Å². The molecule has 0 aromatic rings. The van der Waals surface area contributed by atoms with Gasteiger partial charge in [0.05, 0.1) is 12.5 Å². The summed E-state index contributed by atoms with van der Waals surface area (Å²) in [5, 5.41) is 12.3. The van der Waals surface area contributed by atoms with E-state index in [9.17, 15) is 18.7 Å². The molecule has 2 atom stereocenters. The predicted octanol–water partition coefficient (Wildman–Crippen LogP) is 0.688. The Morgan fingerprint density at radius 2 is 2.31 bits per heavy atom. The van der Waals surface area contributed by atoms with Crippen LogP contribution in [0.2, 0.25) is 0 Å². The number of alkyl halides is 2. The van der Waals surface area contributed by atoms with E-state index < -0.39 is 30.0 Å². The van der Waals surface area contributed by atoms with Crippen molar-refractivity contribution in [3.63, 3.8) is 0 Å². The molecule has 0 aliphatic carbocycles. The van der Waals surface area contributed by atoms with Crippen LogP contribution in [-0.4, -0.2) is 41.8 Å².